The van der Waals surface area contributed by atoms with Gasteiger partial charge in [0.1, 0.15) is 18.2 Å². The van der Waals surface area contributed by atoms with Gasteiger partial charge in [0.15, 0.2) is 0 Å². The number of fused-ring (bicyclic) bond motifs is 1. The van der Waals surface area contributed by atoms with E-state index in [2.05, 4.69) is 9.55 Å². The number of nitrogens with zero attached hydrogens (tertiary/aromatic N) is 2. The molecule has 0 aliphatic carbocycles. The normalized spacial score (nSPS) is 11.1. The predicted octanol–water partition coefficient (Wildman–Crippen LogP) is 6.29. The van der Waals surface area contributed by atoms with Crippen molar-refractivity contribution < 1.29 is 14.6 Å². The van der Waals surface area contributed by atoms with Gasteiger partial charge in [0.25, 0.3) is 0 Å². The molecule has 0 fully saturated rings. The molecular formula is C24H20Cl2N2O3. The second-order valence-corrected chi connectivity index (χ2v) is 8.17. The highest BCUT2D eigenvalue weighted by molar-refractivity contribution is 6.35. The summed E-state index contributed by atoms with van der Waals surface area (Å²) in [6.07, 6.45) is 0. The molecule has 7 heteroatoms. The third kappa shape index (κ3) is 4.38. The van der Waals surface area contributed by atoms with Crippen LogP contribution in [0.3, 0.4) is 0 Å². The van der Waals surface area contributed by atoms with Crippen LogP contribution in [0, 0.1) is 13.8 Å². The molecule has 0 saturated carbocycles. The van der Waals surface area contributed by atoms with Crippen LogP contribution in [-0.2, 0) is 13.2 Å². The quantitative estimate of drug-likeness (QED) is 0.371. The zero-order chi connectivity index (χ0) is 22.1. The zero-order valence-corrected chi connectivity index (χ0v) is 18.5. The number of carbonyl (C=O) groups is 1. The Bertz CT molecular complexity index is 1300. The van der Waals surface area contributed by atoms with Crippen LogP contribution in [0.2, 0.25) is 10.0 Å². The fourth-order valence-electron chi connectivity index (χ4n) is 3.58. The largest absolute Gasteiger partial charge is 0.489 e. The fourth-order valence-corrected chi connectivity index (χ4v) is 4.05. The van der Waals surface area contributed by atoms with Gasteiger partial charge < -0.3 is 14.4 Å². The Balaban J connectivity index is 1.64. The van der Waals surface area contributed by atoms with E-state index in [4.69, 9.17) is 27.9 Å². The van der Waals surface area contributed by atoms with Gasteiger partial charge in [-0.15, -0.1) is 0 Å². The molecule has 0 radical (unpaired) electrons. The number of hydrogen-bond acceptors (Lipinski definition) is 3. The van der Waals surface area contributed by atoms with Crippen molar-refractivity contribution in [3.8, 4) is 5.75 Å². The molecule has 3 aromatic carbocycles. The van der Waals surface area contributed by atoms with E-state index < -0.39 is 5.97 Å². The number of benzene rings is 3. The number of aromatic nitrogens is 2. The number of ether oxygens (including phenoxy) is 1. The highest BCUT2D eigenvalue weighted by Gasteiger charge is 2.14. The summed E-state index contributed by atoms with van der Waals surface area (Å²) in [6, 6.07) is 16.3. The molecule has 0 aliphatic heterocycles. The minimum absolute atomic E-state index is 0.163. The minimum atomic E-state index is -0.966. The van der Waals surface area contributed by atoms with E-state index in [0.717, 1.165) is 28.0 Å². The van der Waals surface area contributed by atoms with Crippen LogP contribution in [-0.4, -0.2) is 20.6 Å². The van der Waals surface area contributed by atoms with Crippen molar-refractivity contribution >= 4 is 40.2 Å². The molecule has 158 valence electrons. The highest BCUT2D eigenvalue weighted by atomic mass is 35.5. The molecule has 1 heterocycles. The number of hydrogen-bond donors (Lipinski definition) is 1. The van der Waals surface area contributed by atoms with E-state index >= 15 is 0 Å². The van der Waals surface area contributed by atoms with Crippen LogP contribution < -0.4 is 4.74 Å². The Morgan fingerprint density at radius 2 is 1.90 bits per heavy atom. The number of aromatic carboxylic acids is 1. The number of halogens is 2. The van der Waals surface area contributed by atoms with Crippen LogP contribution in [0.5, 0.6) is 5.75 Å². The highest BCUT2D eigenvalue weighted by Crippen LogP contribution is 2.27. The van der Waals surface area contributed by atoms with Crippen LogP contribution in [0.25, 0.3) is 11.0 Å². The summed E-state index contributed by atoms with van der Waals surface area (Å²) in [6.45, 7) is 4.53. The number of carboxylic acid groups (broad SMARTS) is 1. The summed E-state index contributed by atoms with van der Waals surface area (Å²) < 4.78 is 8.04. The Kier molecular flexibility index (Phi) is 5.90. The van der Waals surface area contributed by atoms with Gasteiger partial charge in [-0.05, 0) is 55.3 Å². The SMILES string of the molecule is Cc1cccc(C(=O)O)c1COc1ccc2nc(C)n(Cc3ccc(Cl)cc3Cl)c2c1. The fraction of sp³-hybridized carbons (Fsp3) is 0.167. The summed E-state index contributed by atoms with van der Waals surface area (Å²) in [4.78, 5) is 16.2. The van der Waals surface area contributed by atoms with E-state index in [1.54, 1.807) is 18.2 Å². The number of aryl methyl sites for hydroxylation is 2. The first-order valence-electron chi connectivity index (χ1n) is 9.69. The van der Waals surface area contributed by atoms with Gasteiger partial charge in [0.2, 0.25) is 0 Å². The van der Waals surface area contributed by atoms with Crippen LogP contribution in [0.15, 0.2) is 54.6 Å². The second kappa shape index (κ2) is 8.61. The first kappa shape index (κ1) is 21.2. The van der Waals surface area contributed by atoms with Gasteiger partial charge in [0.05, 0.1) is 23.1 Å². The summed E-state index contributed by atoms with van der Waals surface area (Å²) in [5.41, 5.74) is 4.47. The average Bonchev–Trinajstić information content (AvgIpc) is 3.03. The van der Waals surface area contributed by atoms with E-state index in [1.807, 2.05) is 50.2 Å². The van der Waals surface area contributed by atoms with Gasteiger partial charge >= 0.3 is 5.97 Å². The molecule has 0 saturated heterocycles. The number of carboxylic acids is 1. The molecule has 31 heavy (non-hydrogen) atoms. The molecule has 0 aliphatic rings. The molecule has 0 bridgehead atoms. The van der Waals surface area contributed by atoms with Crippen molar-refractivity contribution in [2.75, 3.05) is 0 Å². The van der Waals surface area contributed by atoms with Gasteiger partial charge in [-0.25, -0.2) is 9.78 Å². The Labute approximate surface area is 189 Å². The Hall–Kier alpha value is -3.02. The van der Waals surface area contributed by atoms with Gasteiger partial charge in [-0.3, -0.25) is 0 Å². The lowest BCUT2D eigenvalue weighted by Crippen LogP contribution is -2.07. The first-order chi connectivity index (χ1) is 14.8. The van der Waals surface area contributed by atoms with E-state index in [1.165, 1.54) is 0 Å². The summed E-state index contributed by atoms with van der Waals surface area (Å²) in [5.74, 6) is 0.520. The second-order valence-electron chi connectivity index (χ2n) is 7.33. The maximum absolute atomic E-state index is 11.5. The molecule has 1 N–H and O–H groups in total. The lowest BCUT2D eigenvalue weighted by Gasteiger charge is -2.13. The summed E-state index contributed by atoms with van der Waals surface area (Å²) in [5, 5.41) is 10.7. The van der Waals surface area contributed by atoms with Crippen LogP contribution in [0.4, 0.5) is 0 Å². The van der Waals surface area contributed by atoms with Gasteiger partial charge in [-0.2, -0.15) is 0 Å². The van der Waals surface area contributed by atoms with Crippen molar-refractivity contribution in [2.45, 2.75) is 27.0 Å². The lowest BCUT2D eigenvalue weighted by molar-refractivity contribution is 0.0693. The van der Waals surface area contributed by atoms with E-state index in [-0.39, 0.29) is 12.2 Å². The first-order valence-corrected chi connectivity index (χ1v) is 10.4. The molecule has 0 atom stereocenters. The van der Waals surface area contributed by atoms with Gasteiger partial charge in [0, 0.05) is 21.7 Å². The maximum Gasteiger partial charge on any atom is 0.336 e. The number of rotatable bonds is 6. The predicted molar refractivity (Wildman–Crippen MR) is 123 cm³/mol. The van der Waals surface area contributed by atoms with E-state index in [0.29, 0.717) is 27.9 Å². The summed E-state index contributed by atoms with van der Waals surface area (Å²) >= 11 is 12.4. The van der Waals surface area contributed by atoms with Crippen LogP contribution in [0.1, 0.15) is 32.9 Å². The molecular weight excluding hydrogens is 435 g/mol. The molecule has 0 spiro atoms. The molecule has 1 aromatic heterocycles. The molecule has 0 unspecified atom stereocenters. The Morgan fingerprint density at radius 3 is 2.65 bits per heavy atom. The van der Waals surface area contributed by atoms with Crippen molar-refractivity contribution in [1.82, 2.24) is 9.55 Å². The lowest BCUT2D eigenvalue weighted by atomic mass is 10.0. The van der Waals surface area contributed by atoms with Crippen molar-refractivity contribution in [2.24, 2.45) is 0 Å². The molecule has 0 amide bonds. The number of imidazole rings is 1. The average molecular weight is 455 g/mol. The Morgan fingerprint density at radius 1 is 1.10 bits per heavy atom. The molecule has 4 rings (SSSR count). The minimum Gasteiger partial charge on any atom is -0.489 e. The van der Waals surface area contributed by atoms with Crippen molar-refractivity contribution in [3.05, 3.63) is 92.7 Å². The third-order valence-electron chi connectivity index (χ3n) is 5.28. The van der Waals surface area contributed by atoms with Crippen molar-refractivity contribution in [1.29, 1.82) is 0 Å². The van der Waals surface area contributed by atoms with E-state index in [9.17, 15) is 9.90 Å². The molecule has 4 aromatic rings. The maximum atomic E-state index is 11.5. The van der Waals surface area contributed by atoms with Gasteiger partial charge in [-0.1, -0.05) is 41.4 Å². The summed E-state index contributed by atoms with van der Waals surface area (Å²) in [7, 11) is 0. The monoisotopic (exact) mass is 454 g/mol. The standard InChI is InChI=1S/C24H20Cl2N2O3/c1-14-4-3-5-19(24(29)30)20(14)13-31-18-8-9-22-23(11-18)28(15(2)27-22)12-16-6-7-17(25)10-21(16)26/h3-11H,12-13H2,1-2H3,(H,29,30). The zero-order valence-electron chi connectivity index (χ0n) is 17.0. The smallest absolute Gasteiger partial charge is 0.336 e. The van der Waals surface area contributed by atoms with Crippen molar-refractivity contribution in [3.63, 3.8) is 0 Å². The molecule has 5 nitrogen and oxygen atoms in total. The third-order valence-corrected chi connectivity index (χ3v) is 5.86. The topological polar surface area (TPSA) is 64.3 Å². The van der Waals surface area contributed by atoms with Crippen LogP contribution >= 0.6 is 23.2 Å².